The lowest BCUT2D eigenvalue weighted by Crippen LogP contribution is -2.11. The Hall–Kier alpha value is -8.04. The van der Waals surface area contributed by atoms with E-state index in [0.717, 1.165) is 22.6 Å². The number of fused-ring (bicyclic) bond motifs is 5. The van der Waals surface area contributed by atoms with E-state index in [0.29, 0.717) is 0 Å². The predicted octanol–water partition coefficient (Wildman–Crippen LogP) is 18.2. The van der Waals surface area contributed by atoms with Gasteiger partial charge in [0, 0.05) is 37.1 Å². The van der Waals surface area contributed by atoms with Gasteiger partial charge in [0.15, 0.2) is 0 Å². The standard InChI is InChI=1S/C62H41NS/c1-2-14-45(15-3-1)56-37-32-53(52-27-25-43-13-5-7-17-48(43)40-52)41-60(56)63(55-35-30-46(31-36-55)57-21-11-22-59-58-20-8-9-23-61(58)64-62(57)59)54-33-28-44(29-34-54)49-18-10-19-50(38-49)51-26-24-42-12-4-6-16-47(42)39-51/h1-41H. The zero-order valence-electron chi connectivity index (χ0n) is 35.0. The summed E-state index contributed by atoms with van der Waals surface area (Å²) in [6.45, 7) is 0. The molecular weight excluding hydrogens is 791 g/mol. The molecule has 12 rings (SSSR count). The van der Waals surface area contributed by atoms with Crippen molar-refractivity contribution in [3.8, 4) is 55.6 Å². The minimum Gasteiger partial charge on any atom is -0.310 e. The Morgan fingerprint density at radius 3 is 1.42 bits per heavy atom. The van der Waals surface area contributed by atoms with Crippen molar-refractivity contribution in [2.24, 2.45) is 0 Å². The third-order valence-electron chi connectivity index (χ3n) is 12.7. The summed E-state index contributed by atoms with van der Waals surface area (Å²) in [6.07, 6.45) is 0. The molecule has 11 aromatic carbocycles. The number of benzene rings is 11. The van der Waals surface area contributed by atoms with E-state index in [2.05, 4.69) is 254 Å². The average Bonchev–Trinajstić information content (AvgIpc) is 3.76. The van der Waals surface area contributed by atoms with Crippen molar-refractivity contribution in [3.63, 3.8) is 0 Å². The first-order valence-corrected chi connectivity index (χ1v) is 22.7. The van der Waals surface area contributed by atoms with E-state index >= 15 is 0 Å². The Kier molecular flexibility index (Phi) is 9.43. The topological polar surface area (TPSA) is 3.24 Å². The average molecular weight is 832 g/mol. The molecule has 300 valence electrons. The van der Waals surface area contributed by atoms with Crippen molar-refractivity contribution in [1.82, 2.24) is 0 Å². The highest BCUT2D eigenvalue weighted by molar-refractivity contribution is 7.26. The third kappa shape index (κ3) is 6.91. The van der Waals surface area contributed by atoms with Crippen molar-refractivity contribution >= 4 is 70.1 Å². The van der Waals surface area contributed by atoms with Crippen LogP contribution in [0.1, 0.15) is 0 Å². The molecule has 1 nitrogen and oxygen atoms in total. The van der Waals surface area contributed by atoms with Crippen molar-refractivity contribution in [1.29, 1.82) is 0 Å². The van der Waals surface area contributed by atoms with Gasteiger partial charge in [-0.1, -0.05) is 194 Å². The largest absolute Gasteiger partial charge is 0.310 e. The highest BCUT2D eigenvalue weighted by Gasteiger charge is 2.20. The molecule has 0 atom stereocenters. The lowest BCUT2D eigenvalue weighted by Gasteiger charge is -2.29. The van der Waals surface area contributed by atoms with Crippen LogP contribution in [0.3, 0.4) is 0 Å². The summed E-state index contributed by atoms with van der Waals surface area (Å²) in [5.74, 6) is 0. The van der Waals surface area contributed by atoms with Crippen LogP contribution in [0.25, 0.3) is 97.4 Å². The van der Waals surface area contributed by atoms with E-state index in [9.17, 15) is 0 Å². The molecule has 0 saturated carbocycles. The number of hydrogen-bond acceptors (Lipinski definition) is 2. The summed E-state index contributed by atoms with van der Waals surface area (Å²) in [5, 5.41) is 7.60. The summed E-state index contributed by atoms with van der Waals surface area (Å²) in [4.78, 5) is 2.44. The molecule has 0 bridgehead atoms. The smallest absolute Gasteiger partial charge is 0.0546 e. The first-order valence-electron chi connectivity index (χ1n) is 21.9. The van der Waals surface area contributed by atoms with E-state index in [1.165, 1.54) is 91.8 Å². The molecule has 64 heavy (non-hydrogen) atoms. The summed E-state index contributed by atoms with van der Waals surface area (Å²) in [7, 11) is 0. The van der Waals surface area contributed by atoms with Crippen molar-refractivity contribution in [2.75, 3.05) is 4.90 Å². The van der Waals surface area contributed by atoms with Gasteiger partial charge >= 0.3 is 0 Å². The third-order valence-corrected chi connectivity index (χ3v) is 13.9. The van der Waals surface area contributed by atoms with Crippen LogP contribution >= 0.6 is 11.3 Å². The molecule has 0 radical (unpaired) electrons. The quantitative estimate of drug-likeness (QED) is 0.147. The van der Waals surface area contributed by atoms with Crippen LogP contribution in [0.15, 0.2) is 249 Å². The van der Waals surface area contributed by atoms with Gasteiger partial charge in [0.1, 0.15) is 0 Å². The number of thiophene rings is 1. The van der Waals surface area contributed by atoms with Gasteiger partial charge in [0.2, 0.25) is 0 Å². The Labute approximate surface area is 377 Å². The van der Waals surface area contributed by atoms with E-state index in [1.807, 2.05) is 11.3 Å². The molecule has 12 aromatic rings. The van der Waals surface area contributed by atoms with Gasteiger partial charge < -0.3 is 4.90 Å². The normalized spacial score (nSPS) is 11.4. The van der Waals surface area contributed by atoms with Gasteiger partial charge in [-0.3, -0.25) is 0 Å². The highest BCUT2D eigenvalue weighted by Crippen LogP contribution is 2.45. The monoisotopic (exact) mass is 831 g/mol. The molecule has 0 aliphatic heterocycles. The van der Waals surface area contributed by atoms with Gasteiger partial charge in [-0.2, -0.15) is 0 Å². The molecule has 0 amide bonds. The molecule has 1 aromatic heterocycles. The van der Waals surface area contributed by atoms with Gasteiger partial charge in [-0.15, -0.1) is 11.3 Å². The van der Waals surface area contributed by atoms with Crippen LogP contribution in [-0.4, -0.2) is 0 Å². The van der Waals surface area contributed by atoms with Gasteiger partial charge in [-0.25, -0.2) is 0 Å². The second-order valence-corrected chi connectivity index (χ2v) is 17.6. The Morgan fingerprint density at radius 2 is 0.734 bits per heavy atom. The Bertz CT molecular complexity index is 3660. The van der Waals surface area contributed by atoms with E-state index in [1.54, 1.807) is 0 Å². The van der Waals surface area contributed by atoms with Crippen molar-refractivity contribution in [2.45, 2.75) is 0 Å². The first-order chi connectivity index (χ1) is 31.7. The van der Waals surface area contributed by atoms with Crippen molar-refractivity contribution < 1.29 is 0 Å². The zero-order chi connectivity index (χ0) is 42.4. The minimum absolute atomic E-state index is 1.08. The SMILES string of the molecule is c1ccc(-c2ccc(-c3ccc4ccccc4c3)cc2N(c2ccc(-c3cccc(-c4ccc5ccccc5c4)c3)cc2)c2ccc(-c3cccc4c3sc3ccccc34)cc2)cc1. The van der Waals surface area contributed by atoms with Gasteiger partial charge in [0.25, 0.3) is 0 Å². The molecule has 0 aliphatic rings. The molecular formula is C62H41NS. The molecule has 0 unspecified atom stereocenters. The van der Waals surface area contributed by atoms with E-state index in [4.69, 9.17) is 0 Å². The molecule has 1 heterocycles. The molecule has 0 fully saturated rings. The second-order valence-electron chi connectivity index (χ2n) is 16.5. The summed E-state index contributed by atoms with van der Waals surface area (Å²) in [5.41, 5.74) is 15.2. The molecule has 2 heteroatoms. The first kappa shape index (κ1) is 37.7. The number of nitrogens with zero attached hydrogens (tertiary/aromatic N) is 1. The maximum absolute atomic E-state index is 2.44. The zero-order valence-corrected chi connectivity index (χ0v) is 35.8. The maximum Gasteiger partial charge on any atom is 0.0546 e. The fourth-order valence-corrected chi connectivity index (χ4v) is 10.6. The van der Waals surface area contributed by atoms with Crippen LogP contribution in [0, 0.1) is 0 Å². The lowest BCUT2D eigenvalue weighted by molar-refractivity contribution is 1.28. The molecule has 0 aliphatic carbocycles. The van der Waals surface area contributed by atoms with E-state index < -0.39 is 0 Å². The second kappa shape index (κ2) is 16.0. The van der Waals surface area contributed by atoms with Crippen LogP contribution in [0.2, 0.25) is 0 Å². The molecule has 0 spiro atoms. The van der Waals surface area contributed by atoms with E-state index in [-0.39, 0.29) is 0 Å². The number of hydrogen-bond donors (Lipinski definition) is 0. The fraction of sp³-hybridized carbons (Fsp3) is 0. The number of anilines is 3. The van der Waals surface area contributed by atoms with Crippen LogP contribution < -0.4 is 4.90 Å². The summed E-state index contributed by atoms with van der Waals surface area (Å²) >= 11 is 1.88. The van der Waals surface area contributed by atoms with Gasteiger partial charge in [-0.05, 0) is 126 Å². The summed E-state index contributed by atoms with van der Waals surface area (Å²) in [6, 6.07) is 91.1. The summed E-state index contributed by atoms with van der Waals surface area (Å²) < 4.78 is 2.64. The van der Waals surface area contributed by atoms with Crippen LogP contribution in [0.5, 0.6) is 0 Å². The molecule has 0 N–H and O–H groups in total. The number of rotatable bonds is 8. The van der Waals surface area contributed by atoms with Crippen molar-refractivity contribution in [3.05, 3.63) is 249 Å². The minimum atomic E-state index is 1.08. The highest BCUT2D eigenvalue weighted by atomic mass is 32.1. The predicted molar refractivity (Wildman–Crippen MR) is 276 cm³/mol. The lowest BCUT2D eigenvalue weighted by atomic mass is 9.95. The maximum atomic E-state index is 2.44. The van der Waals surface area contributed by atoms with Gasteiger partial charge in [0.05, 0.1) is 5.69 Å². The molecule has 0 saturated heterocycles. The Balaban J connectivity index is 0.995. The van der Waals surface area contributed by atoms with Crippen LogP contribution in [-0.2, 0) is 0 Å². The van der Waals surface area contributed by atoms with Crippen LogP contribution in [0.4, 0.5) is 17.1 Å². The Morgan fingerprint density at radius 1 is 0.266 bits per heavy atom. The fourth-order valence-electron chi connectivity index (χ4n) is 9.37.